The Morgan fingerprint density at radius 1 is 1.12 bits per heavy atom. The molecule has 8 nitrogen and oxygen atoms in total. The van der Waals surface area contributed by atoms with Crippen LogP contribution in [-0.2, 0) is 9.53 Å². The van der Waals surface area contributed by atoms with Gasteiger partial charge in [-0.2, -0.15) is 4.98 Å². The predicted octanol–water partition coefficient (Wildman–Crippen LogP) is 4.36. The van der Waals surface area contributed by atoms with Crippen LogP contribution in [0.5, 0.6) is 0 Å². The molecule has 3 fully saturated rings. The van der Waals surface area contributed by atoms with E-state index in [1.54, 1.807) is 0 Å². The van der Waals surface area contributed by atoms with Crippen molar-refractivity contribution in [3.05, 3.63) is 23.9 Å². The molecule has 1 aliphatic heterocycles. The van der Waals surface area contributed by atoms with Crippen LogP contribution in [-0.4, -0.2) is 50.2 Å². The van der Waals surface area contributed by atoms with E-state index in [9.17, 15) is 9.59 Å². The highest BCUT2D eigenvalue weighted by molar-refractivity contribution is 5.92. The number of pyridine rings is 1. The number of ether oxygens (including phenoxy) is 1. The number of aromatic nitrogens is 3. The van der Waals surface area contributed by atoms with Crippen molar-refractivity contribution in [2.24, 2.45) is 11.3 Å². The summed E-state index contributed by atoms with van der Waals surface area (Å²) in [6.45, 7) is 7.24. The van der Waals surface area contributed by atoms with Crippen LogP contribution in [0.2, 0.25) is 0 Å². The molecule has 1 atom stereocenters. The number of hydrogen-bond donors (Lipinski definition) is 1. The van der Waals surface area contributed by atoms with Gasteiger partial charge in [-0.15, -0.1) is 5.10 Å². The summed E-state index contributed by atoms with van der Waals surface area (Å²) in [5, 5.41) is 7.48. The van der Waals surface area contributed by atoms with E-state index in [0.29, 0.717) is 11.9 Å². The van der Waals surface area contributed by atoms with Crippen LogP contribution in [0.3, 0.4) is 0 Å². The third kappa shape index (κ3) is 4.32. The van der Waals surface area contributed by atoms with Crippen LogP contribution in [0, 0.1) is 11.3 Å². The van der Waals surface area contributed by atoms with Crippen molar-refractivity contribution in [2.75, 3.05) is 18.4 Å². The van der Waals surface area contributed by atoms with E-state index in [-0.39, 0.29) is 23.3 Å². The van der Waals surface area contributed by atoms with E-state index < -0.39 is 5.60 Å². The number of carbonyl (C=O) groups is 2. The number of nitrogens with one attached hydrogen (secondary N) is 1. The molecule has 1 N–H and O–H groups in total. The minimum absolute atomic E-state index is 0.0269. The van der Waals surface area contributed by atoms with Gasteiger partial charge in [0.05, 0.1) is 0 Å². The lowest BCUT2D eigenvalue weighted by molar-refractivity contribution is -0.117. The van der Waals surface area contributed by atoms with Crippen LogP contribution < -0.4 is 5.32 Å². The Kier molecular flexibility index (Phi) is 5.13. The minimum Gasteiger partial charge on any atom is -0.444 e. The van der Waals surface area contributed by atoms with E-state index >= 15 is 0 Å². The van der Waals surface area contributed by atoms with E-state index in [4.69, 9.17) is 4.74 Å². The van der Waals surface area contributed by atoms with Crippen molar-refractivity contribution in [2.45, 2.75) is 77.2 Å². The molecule has 2 amide bonds. The number of nitrogens with zero attached hydrogens (tertiary/aromatic N) is 4. The van der Waals surface area contributed by atoms with Gasteiger partial charge in [-0.25, -0.2) is 9.31 Å². The summed E-state index contributed by atoms with van der Waals surface area (Å²) < 4.78 is 7.46. The zero-order valence-electron chi connectivity index (χ0n) is 19.3. The maximum atomic E-state index is 12.4. The number of likely N-dealkylation sites (tertiary alicyclic amines) is 1. The van der Waals surface area contributed by atoms with Crippen LogP contribution in [0.1, 0.15) is 77.3 Å². The molecule has 5 rings (SSSR count). The first-order valence-corrected chi connectivity index (χ1v) is 11.9. The lowest BCUT2D eigenvalue weighted by Gasteiger charge is -2.40. The third-order valence-corrected chi connectivity index (χ3v) is 7.17. The molecule has 2 aliphatic carbocycles. The molecule has 3 heterocycles. The van der Waals surface area contributed by atoms with Crippen molar-refractivity contribution in [3.8, 4) is 0 Å². The Morgan fingerprint density at radius 3 is 2.56 bits per heavy atom. The molecule has 2 aromatic rings. The Hall–Kier alpha value is -2.64. The number of piperidine rings is 1. The van der Waals surface area contributed by atoms with Gasteiger partial charge in [-0.3, -0.25) is 10.1 Å². The summed E-state index contributed by atoms with van der Waals surface area (Å²) in [7, 11) is 0. The Morgan fingerprint density at radius 2 is 1.88 bits per heavy atom. The van der Waals surface area contributed by atoms with Gasteiger partial charge >= 0.3 is 6.09 Å². The summed E-state index contributed by atoms with van der Waals surface area (Å²) in [5.41, 5.74) is 1.75. The normalized spacial score (nSPS) is 23.0. The molecule has 172 valence electrons. The molecule has 32 heavy (non-hydrogen) atoms. The fourth-order valence-corrected chi connectivity index (χ4v) is 5.25. The predicted molar refractivity (Wildman–Crippen MR) is 120 cm³/mol. The number of anilines is 1. The summed E-state index contributed by atoms with van der Waals surface area (Å²) >= 11 is 0. The number of rotatable bonds is 3. The Labute approximate surface area is 188 Å². The summed E-state index contributed by atoms with van der Waals surface area (Å²) in [4.78, 5) is 30.9. The van der Waals surface area contributed by atoms with Crippen LogP contribution >= 0.6 is 0 Å². The Balaban J connectivity index is 1.26. The zero-order chi connectivity index (χ0) is 22.5. The first-order valence-electron chi connectivity index (χ1n) is 11.9. The molecule has 1 saturated heterocycles. The van der Waals surface area contributed by atoms with E-state index in [1.165, 1.54) is 0 Å². The van der Waals surface area contributed by atoms with Gasteiger partial charge in [0.25, 0.3) is 0 Å². The molecule has 8 heteroatoms. The van der Waals surface area contributed by atoms with E-state index in [1.807, 2.05) is 42.3 Å². The van der Waals surface area contributed by atoms with Gasteiger partial charge in [0.2, 0.25) is 11.9 Å². The second kappa shape index (κ2) is 7.74. The molecule has 0 aromatic carbocycles. The van der Waals surface area contributed by atoms with E-state index in [0.717, 1.165) is 69.4 Å². The molecule has 0 bridgehead atoms. The van der Waals surface area contributed by atoms with Crippen molar-refractivity contribution in [3.63, 3.8) is 0 Å². The second-order valence-electron chi connectivity index (χ2n) is 10.8. The first-order chi connectivity index (χ1) is 15.2. The zero-order valence-corrected chi connectivity index (χ0v) is 19.3. The number of amides is 2. The fraction of sp³-hybridized carbons (Fsp3) is 0.667. The lowest BCUT2D eigenvalue weighted by Crippen LogP contribution is -2.44. The molecule has 3 aliphatic rings. The summed E-state index contributed by atoms with van der Waals surface area (Å²) in [5.74, 6) is 0.953. The Bertz CT molecular complexity index is 1030. The molecular weight excluding hydrogens is 406 g/mol. The highest BCUT2D eigenvalue weighted by atomic mass is 16.6. The largest absolute Gasteiger partial charge is 0.444 e. The van der Waals surface area contributed by atoms with Gasteiger partial charge in [0.15, 0.2) is 5.65 Å². The average Bonchev–Trinajstić information content (AvgIpc) is 3.39. The highest BCUT2D eigenvalue weighted by Crippen LogP contribution is 2.52. The minimum atomic E-state index is -0.460. The summed E-state index contributed by atoms with van der Waals surface area (Å²) in [6, 6.07) is 6.10. The smallest absolute Gasteiger partial charge is 0.410 e. The van der Waals surface area contributed by atoms with E-state index in [2.05, 4.69) is 21.5 Å². The standard InChI is InChI=1S/C24H33N5O3/c1-23(2,3)32-22(31)28-13-11-24(12-14-28)10-9-17(15-24)18-5-4-6-19-25-21(27-29(18)19)26-20(30)16-7-8-16/h4-6,16-17H,7-15H2,1-3H3,(H,26,27,30). The molecular formula is C24H33N5O3. The maximum absolute atomic E-state index is 12.4. The SMILES string of the molecule is CC(C)(C)OC(=O)N1CCC2(CCC(c3cccc4nc(NC(=O)C5CC5)nn34)C2)CC1. The van der Waals surface area contributed by atoms with Crippen molar-refractivity contribution < 1.29 is 14.3 Å². The average molecular weight is 440 g/mol. The fourth-order valence-electron chi connectivity index (χ4n) is 5.25. The van der Waals surface area contributed by atoms with Gasteiger partial charge in [0, 0.05) is 30.6 Å². The summed E-state index contributed by atoms with van der Waals surface area (Å²) in [6.07, 6.45) is 7.11. The molecule has 0 radical (unpaired) electrons. The molecule has 2 saturated carbocycles. The van der Waals surface area contributed by atoms with Crippen LogP contribution in [0.15, 0.2) is 18.2 Å². The maximum Gasteiger partial charge on any atom is 0.410 e. The van der Waals surface area contributed by atoms with Crippen molar-refractivity contribution in [1.29, 1.82) is 0 Å². The number of hydrogen-bond acceptors (Lipinski definition) is 5. The van der Waals surface area contributed by atoms with Crippen LogP contribution in [0.25, 0.3) is 5.65 Å². The molecule has 2 aromatic heterocycles. The lowest BCUT2D eigenvalue weighted by atomic mass is 9.76. The topological polar surface area (TPSA) is 88.8 Å². The number of carbonyl (C=O) groups excluding carboxylic acids is 2. The van der Waals surface area contributed by atoms with Gasteiger partial charge in [-0.05, 0) is 83.3 Å². The molecule has 1 unspecified atom stereocenters. The number of fused-ring (bicyclic) bond motifs is 1. The van der Waals surface area contributed by atoms with Gasteiger partial charge in [0.1, 0.15) is 5.60 Å². The van der Waals surface area contributed by atoms with Gasteiger partial charge < -0.3 is 9.64 Å². The van der Waals surface area contributed by atoms with Gasteiger partial charge in [-0.1, -0.05) is 6.07 Å². The van der Waals surface area contributed by atoms with Crippen molar-refractivity contribution in [1.82, 2.24) is 19.5 Å². The first kappa shape index (κ1) is 21.2. The quantitative estimate of drug-likeness (QED) is 0.767. The van der Waals surface area contributed by atoms with Crippen molar-refractivity contribution >= 4 is 23.6 Å². The third-order valence-electron chi connectivity index (χ3n) is 7.17. The monoisotopic (exact) mass is 439 g/mol. The van der Waals surface area contributed by atoms with Crippen LogP contribution in [0.4, 0.5) is 10.7 Å². The molecule has 1 spiro atoms. The highest BCUT2D eigenvalue weighted by Gasteiger charge is 2.43. The second-order valence-corrected chi connectivity index (χ2v) is 10.8.